The molecule has 1 amide bonds. The first kappa shape index (κ1) is 21.6. The number of nitrogens with zero attached hydrogens (tertiary/aromatic N) is 2. The van der Waals surface area contributed by atoms with E-state index in [4.69, 9.17) is 14.6 Å². The van der Waals surface area contributed by atoms with Crippen molar-refractivity contribution in [3.8, 4) is 11.4 Å². The molecular formula is C22H21N3O6. The van der Waals surface area contributed by atoms with Crippen LogP contribution < -0.4 is 10.1 Å². The van der Waals surface area contributed by atoms with E-state index in [0.717, 1.165) is 10.8 Å². The number of hydrogen-bond acceptors (Lipinski definition) is 6. The van der Waals surface area contributed by atoms with Crippen molar-refractivity contribution in [3.05, 3.63) is 67.8 Å². The number of carbonyl (C=O) groups is 3. The monoisotopic (exact) mass is 423 g/mol. The number of Topliss-reactive ketones (excluding diaryl/α,β-unsaturated/α-hetero) is 1. The summed E-state index contributed by atoms with van der Waals surface area (Å²) in [7, 11) is 0. The predicted molar refractivity (Wildman–Crippen MR) is 112 cm³/mol. The van der Waals surface area contributed by atoms with Gasteiger partial charge in [-0.25, -0.2) is 9.78 Å². The van der Waals surface area contributed by atoms with Gasteiger partial charge in [0.2, 0.25) is 0 Å². The van der Waals surface area contributed by atoms with Crippen LogP contribution in [-0.4, -0.2) is 51.8 Å². The molecule has 0 aliphatic carbocycles. The van der Waals surface area contributed by atoms with Gasteiger partial charge in [-0.2, -0.15) is 0 Å². The Bertz CT molecular complexity index is 1090. The first-order valence-corrected chi connectivity index (χ1v) is 9.41. The molecule has 1 atom stereocenters. The Balaban J connectivity index is 1.81. The molecule has 160 valence electrons. The van der Waals surface area contributed by atoms with Gasteiger partial charge in [0, 0.05) is 17.8 Å². The summed E-state index contributed by atoms with van der Waals surface area (Å²) < 4.78 is 12.3. The number of carbonyl (C=O) groups excluding carboxylic acids is 2. The molecule has 0 bridgehead atoms. The molecule has 0 aliphatic rings. The minimum Gasteiger partial charge on any atom is -0.484 e. The molecule has 0 saturated carbocycles. The molecule has 1 heterocycles. The van der Waals surface area contributed by atoms with Crippen molar-refractivity contribution < 1.29 is 29.0 Å². The standard InChI is InChI=1S/C22H21N3O6/c1-2-11-30-22(29)24-17(12-20(27)28)18(26)13-31-19-8-7-15-5-3-4-6-16(15)21(19)25-10-9-23-14-25/h2-10,14,17H,1,11-13H2,(H,24,29)(H,27,28). The Hall–Kier alpha value is -4.14. The van der Waals surface area contributed by atoms with E-state index in [1.807, 2.05) is 30.3 Å². The molecule has 0 fully saturated rings. The van der Waals surface area contributed by atoms with Crippen LogP contribution in [0.15, 0.2) is 67.8 Å². The van der Waals surface area contributed by atoms with E-state index < -0.39 is 36.9 Å². The molecule has 31 heavy (non-hydrogen) atoms. The molecule has 3 rings (SSSR count). The van der Waals surface area contributed by atoms with E-state index in [-0.39, 0.29) is 6.61 Å². The highest BCUT2D eigenvalue weighted by Gasteiger charge is 2.25. The third kappa shape index (κ3) is 5.47. The molecule has 1 aromatic heterocycles. The second kappa shape index (κ2) is 10.1. The lowest BCUT2D eigenvalue weighted by atomic mass is 10.1. The lowest BCUT2D eigenvalue weighted by Crippen LogP contribution is -2.44. The molecule has 0 spiro atoms. The van der Waals surface area contributed by atoms with Crippen LogP contribution in [0.3, 0.4) is 0 Å². The smallest absolute Gasteiger partial charge is 0.408 e. The SMILES string of the molecule is C=CCOC(=O)NC(CC(=O)O)C(=O)COc1ccc2ccccc2c1-n1ccnc1. The van der Waals surface area contributed by atoms with Crippen LogP contribution in [0.5, 0.6) is 5.75 Å². The van der Waals surface area contributed by atoms with Gasteiger partial charge in [0.05, 0.1) is 18.4 Å². The number of aromatic nitrogens is 2. The van der Waals surface area contributed by atoms with Crippen LogP contribution in [0.25, 0.3) is 16.5 Å². The number of rotatable bonds is 10. The first-order chi connectivity index (χ1) is 15.0. The second-order valence-corrected chi connectivity index (χ2v) is 6.54. The van der Waals surface area contributed by atoms with Crippen molar-refractivity contribution in [2.24, 2.45) is 0 Å². The van der Waals surface area contributed by atoms with Crippen LogP contribution in [0.2, 0.25) is 0 Å². The summed E-state index contributed by atoms with van der Waals surface area (Å²) in [5, 5.41) is 13.2. The summed E-state index contributed by atoms with van der Waals surface area (Å²) in [5.74, 6) is -1.44. The van der Waals surface area contributed by atoms with Crippen LogP contribution in [0, 0.1) is 0 Å². The minimum atomic E-state index is -1.30. The fourth-order valence-electron chi connectivity index (χ4n) is 3.00. The molecule has 2 N–H and O–H groups in total. The van der Waals surface area contributed by atoms with Crippen LogP contribution >= 0.6 is 0 Å². The van der Waals surface area contributed by atoms with Gasteiger partial charge in [-0.05, 0) is 11.5 Å². The van der Waals surface area contributed by atoms with Crippen molar-refractivity contribution in [1.82, 2.24) is 14.9 Å². The number of alkyl carbamates (subject to hydrolysis) is 1. The fraction of sp³-hybridized carbons (Fsp3) is 0.182. The van der Waals surface area contributed by atoms with Gasteiger partial charge in [-0.3, -0.25) is 9.59 Å². The summed E-state index contributed by atoms with van der Waals surface area (Å²) in [6.07, 6.45) is 4.83. The van der Waals surface area contributed by atoms with Gasteiger partial charge in [-0.1, -0.05) is 43.0 Å². The quantitative estimate of drug-likeness (QED) is 0.481. The van der Waals surface area contributed by atoms with Crippen LogP contribution in [0.4, 0.5) is 4.79 Å². The van der Waals surface area contributed by atoms with Gasteiger partial charge in [0.1, 0.15) is 25.0 Å². The summed E-state index contributed by atoms with van der Waals surface area (Å²) in [6.45, 7) is 2.90. The third-order valence-corrected chi connectivity index (χ3v) is 4.39. The first-order valence-electron chi connectivity index (χ1n) is 9.41. The Morgan fingerprint density at radius 2 is 2.03 bits per heavy atom. The number of ether oxygens (including phenoxy) is 2. The van der Waals surface area contributed by atoms with Crippen molar-refractivity contribution in [3.63, 3.8) is 0 Å². The molecule has 0 aliphatic heterocycles. The highest BCUT2D eigenvalue weighted by molar-refractivity contribution is 5.94. The Morgan fingerprint density at radius 1 is 1.23 bits per heavy atom. The van der Waals surface area contributed by atoms with Gasteiger partial charge >= 0.3 is 12.1 Å². The van der Waals surface area contributed by atoms with Crippen LogP contribution in [-0.2, 0) is 14.3 Å². The van der Waals surface area contributed by atoms with E-state index in [0.29, 0.717) is 11.4 Å². The summed E-state index contributed by atoms with van der Waals surface area (Å²) in [4.78, 5) is 39.6. The van der Waals surface area contributed by atoms with E-state index in [9.17, 15) is 14.4 Å². The molecule has 1 unspecified atom stereocenters. The zero-order valence-corrected chi connectivity index (χ0v) is 16.6. The highest BCUT2D eigenvalue weighted by atomic mass is 16.5. The number of carboxylic acid groups (broad SMARTS) is 1. The number of amides is 1. The average Bonchev–Trinajstić information content (AvgIpc) is 3.29. The Kier molecular flexibility index (Phi) is 7.00. The largest absolute Gasteiger partial charge is 0.484 e. The molecule has 0 radical (unpaired) electrons. The second-order valence-electron chi connectivity index (χ2n) is 6.54. The van der Waals surface area contributed by atoms with Gasteiger partial charge in [0.25, 0.3) is 0 Å². The normalized spacial score (nSPS) is 11.5. The number of nitrogens with one attached hydrogen (secondary N) is 1. The van der Waals surface area contributed by atoms with E-state index in [2.05, 4.69) is 16.9 Å². The lowest BCUT2D eigenvalue weighted by Gasteiger charge is -2.18. The number of hydrogen-bond donors (Lipinski definition) is 2. The molecular weight excluding hydrogens is 402 g/mol. The summed E-state index contributed by atoms with van der Waals surface area (Å²) in [6, 6.07) is 9.96. The molecule has 9 nitrogen and oxygen atoms in total. The third-order valence-electron chi connectivity index (χ3n) is 4.39. The van der Waals surface area contributed by atoms with Crippen LogP contribution in [0.1, 0.15) is 6.42 Å². The van der Waals surface area contributed by atoms with Gasteiger partial charge in [-0.15, -0.1) is 0 Å². The van der Waals surface area contributed by atoms with Crippen molar-refractivity contribution in [1.29, 1.82) is 0 Å². The van der Waals surface area contributed by atoms with Gasteiger partial charge < -0.3 is 24.5 Å². The summed E-state index contributed by atoms with van der Waals surface area (Å²) in [5.41, 5.74) is 0.691. The number of ketones is 1. The zero-order valence-electron chi connectivity index (χ0n) is 16.6. The fourth-order valence-corrected chi connectivity index (χ4v) is 3.00. The number of carboxylic acids is 1. The minimum absolute atomic E-state index is 0.0678. The number of aliphatic carboxylic acids is 1. The maximum atomic E-state index is 12.6. The highest BCUT2D eigenvalue weighted by Crippen LogP contribution is 2.31. The molecule has 9 heteroatoms. The lowest BCUT2D eigenvalue weighted by molar-refractivity contribution is -0.139. The topological polar surface area (TPSA) is 120 Å². The Labute approximate surface area is 177 Å². The van der Waals surface area contributed by atoms with E-state index in [1.165, 1.54) is 6.08 Å². The molecule has 2 aromatic carbocycles. The zero-order chi connectivity index (χ0) is 22.2. The maximum absolute atomic E-state index is 12.6. The van der Waals surface area contributed by atoms with E-state index >= 15 is 0 Å². The molecule has 0 saturated heterocycles. The predicted octanol–water partition coefficient (Wildman–Crippen LogP) is 2.73. The average molecular weight is 423 g/mol. The number of fused-ring (bicyclic) bond motifs is 1. The van der Waals surface area contributed by atoms with Gasteiger partial charge in [0.15, 0.2) is 5.78 Å². The molecule has 3 aromatic rings. The number of benzene rings is 2. The summed E-state index contributed by atoms with van der Waals surface area (Å²) >= 11 is 0. The number of imidazole rings is 1. The maximum Gasteiger partial charge on any atom is 0.408 e. The van der Waals surface area contributed by atoms with E-state index in [1.54, 1.807) is 29.4 Å². The van der Waals surface area contributed by atoms with Crippen molar-refractivity contribution in [2.45, 2.75) is 12.5 Å². The van der Waals surface area contributed by atoms with Crippen molar-refractivity contribution in [2.75, 3.05) is 13.2 Å². The Morgan fingerprint density at radius 3 is 2.74 bits per heavy atom. The van der Waals surface area contributed by atoms with Crippen molar-refractivity contribution >= 4 is 28.6 Å².